The molecule has 10 aromatic carbocycles. The van der Waals surface area contributed by atoms with E-state index in [4.69, 9.17) is 10.5 Å². The van der Waals surface area contributed by atoms with Gasteiger partial charge in [0.25, 0.3) is 11.8 Å². The zero-order valence-corrected chi connectivity index (χ0v) is 78.3. The van der Waals surface area contributed by atoms with Gasteiger partial charge in [0.2, 0.25) is 0 Å². The molecule has 2 amide bonds. The number of aromatic amines is 2. The van der Waals surface area contributed by atoms with Crippen LogP contribution in [0.5, 0.6) is 11.8 Å². The predicted molar refractivity (Wildman–Crippen MR) is 534 cm³/mol. The Labute approximate surface area is 775 Å². The fraction of sp³-hybridized carbons (Fsp3) is 0.327. The number of thioether (sulfide) groups is 2. The van der Waals surface area contributed by atoms with Crippen molar-refractivity contribution >= 4 is 93.8 Å². The first kappa shape index (κ1) is 96.7. The Balaban J connectivity index is 0.000000174. The number of aliphatic imine (C=N–C) groups is 2. The zero-order valence-electron chi connectivity index (χ0n) is 73.4. The van der Waals surface area contributed by atoms with Crippen molar-refractivity contribution < 1.29 is 19.8 Å². The van der Waals surface area contributed by atoms with E-state index in [2.05, 4.69) is 119 Å². The number of benzene rings is 10. The van der Waals surface area contributed by atoms with Crippen molar-refractivity contribution in [3.63, 3.8) is 0 Å². The van der Waals surface area contributed by atoms with Gasteiger partial charge in [-0.1, -0.05) is 375 Å². The first-order chi connectivity index (χ1) is 62.0. The van der Waals surface area contributed by atoms with Gasteiger partial charge < -0.3 is 20.2 Å². The Hall–Kier alpha value is -9.88. The zero-order chi connectivity index (χ0) is 87.8. The number of carbonyl (C=O) groups excluding carboxylic acids is 2. The third kappa shape index (κ3) is 32.5. The van der Waals surface area contributed by atoms with Gasteiger partial charge in [0, 0.05) is 60.1 Å². The van der Waals surface area contributed by atoms with Crippen LogP contribution in [0.3, 0.4) is 0 Å². The maximum atomic E-state index is 13.1. The van der Waals surface area contributed by atoms with Crippen LogP contribution in [-0.4, -0.2) is 54.9 Å². The molecule has 126 heavy (non-hydrogen) atoms. The highest BCUT2D eigenvalue weighted by Crippen LogP contribution is 2.43. The molecule has 4 N–H and O–H groups in total. The van der Waals surface area contributed by atoms with E-state index in [1.807, 2.05) is 218 Å². The molecule has 2 aliphatic rings. The Bertz CT molecular complexity index is 5340. The standard InChI is InChI=1S/C42H52N2O2S2.C30H20N2O2S2.C25H41NS.C13H9NS/c1-2-3-4-5-6-7-8-9-10-11-12-13-14-15-16-20-31-47-34-27-23-32(24-28-34)39-37-38(42(46)43-39)40(44-41(37)45)33-25-29-36(30-26-33)48-35-21-18-17-19-22-35;33-29-25-26(28(32-29)20-13-17-24(18-14-20)36-22-9-5-2-6-10-22)30(34)31-27(25)19-11-15-23(16-12-19)35-21-7-3-1-4-8-21;1-2-3-4-5-6-7-8-9-10-11-12-13-14-15-16-17-22-27-25-20-18-24(23-26)19-21-25;14-10-11-6-8-13(9-7-11)15-12-4-2-1-3-5-12/h17-19,21-30,43,46H,2-16,20,31H2,1H3;1-18,31,34H;18-21H,2-17,22H2,1H3;1-9H. The third-order valence-corrected chi connectivity index (χ3v) is 28.5. The van der Waals surface area contributed by atoms with E-state index in [0.29, 0.717) is 50.6 Å². The van der Waals surface area contributed by atoms with Crippen LogP contribution in [0.15, 0.2) is 326 Å². The average molecular weight is 1780 g/mol. The SMILES string of the molecule is CCCCCCCCCCCCCCCCCCSc1ccc(-c2[nH]c(O)c3c2C(=O)N=C3c2ccc(Sc3ccccc3)cc2)cc1.CCCCCCCCCCCCCCCCCCSc1ccc(C#N)cc1.N#Cc1ccc(Sc2ccccc2)cc1.O=C1N=C(c2ccc(Sc3ccccc3)cc2)c2c(O)[nH]c(-c3ccc(Sc4ccccc4)cc3)c21. The van der Waals surface area contributed by atoms with E-state index in [0.717, 1.165) is 62.9 Å². The van der Waals surface area contributed by atoms with Crippen LogP contribution < -0.4 is 0 Å². The average Bonchev–Trinajstić information content (AvgIpc) is 1.60. The van der Waals surface area contributed by atoms with Crippen LogP contribution in [-0.2, 0) is 0 Å². The summed E-state index contributed by atoms with van der Waals surface area (Å²) in [7, 11) is 0. The van der Waals surface area contributed by atoms with Gasteiger partial charge in [-0.15, -0.1) is 23.5 Å². The molecule has 0 radical (unpaired) electrons. The second-order valence-corrected chi connectivity index (χ2v) is 39.0. The van der Waals surface area contributed by atoms with Gasteiger partial charge in [0.15, 0.2) is 11.8 Å². The van der Waals surface area contributed by atoms with Gasteiger partial charge in [0.05, 0.1) is 68.3 Å². The predicted octanol–water partition coefficient (Wildman–Crippen LogP) is 33.2. The summed E-state index contributed by atoms with van der Waals surface area (Å²) < 4.78 is 0. The van der Waals surface area contributed by atoms with Crippen molar-refractivity contribution in [3.8, 4) is 46.4 Å². The number of amides is 2. The smallest absolute Gasteiger partial charge is 0.280 e. The number of carbonyl (C=O) groups is 2. The topological polar surface area (TPSA) is 178 Å². The molecule has 0 unspecified atom stereocenters. The maximum absolute atomic E-state index is 13.1. The Morgan fingerprint density at radius 2 is 0.476 bits per heavy atom. The summed E-state index contributed by atoms with van der Waals surface area (Å²) in [4.78, 5) is 52.4. The number of aromatic hydroxyl groups is 2. The molecule has 16 heteroatoms. The highest BCUT2D eigenvalue weighted by atomic mass is 32.2. The molecule has 10 nitrogen and oxygen atoms in total. The molecule has 2 aliphatic heterocycles. The van der Waals surface area contributed by atoms with Crippen LogP contribution in [0.2, 0.25) is 0 Å². The summed E-state index contributed by atoms with van der Waals surface area (Å²) in [5, 5.41) is 39.1. The summed E-state index contributed by atoms with van der Waals surface area (Å²) in [6.07, 6.45) is 45.0. The van der Waals surface area contributed by atoms with Gasteiger partial charge in [-0.3, -0.25) is 9.59 Å². The molecule has 14 rings (SSSR count). The second-order valence-electron chi connectivity index (χ2n) is 32.1. The fourth-order valence-corrected chi connectivity index (χ4v) is 20.5. The molecule has 0 saturated carbocycles. The highest BCUT2D eigenvalue weighted by Gasteiger charge is 2.35. The van der Waals surface area contributed by atoms with Crippen molar-refractivity contribution in [3.05, 3.63) is 311 Å². The first-order valence-corrected chi connectivity index (χ1v) is 51.0. The number of unbranched alkanes of at least 4 members (excludes halogenated alkanes) is 30. The third-order valence-electron chi connectivity index (χ3n) is 22.2. The minimum atomic E-state index is -0.350. The minimum Gasteiger partial charge on any atom is -0.494 e. The lowest BCUT2D eigenvalue weighted by molar-refractivity contribution is 0.0998. The number of hydrogen-bond donors (Lipinski definition) is 4. The number of hydrogen-bond acceptors (Lipinski definition) is 12. The lowest BCUT2D eigenvalue weighted by Gasteiger charge is -2.05. The van der Waals surface area contributed by atoms with Crippen molar-refractivity contribution in [2.45, 2.75) is 268 Å². The highest BCUT2D eigenvalue weighted by molar-refractivity contribution is 8.00. The summed E-state index contributed by atoms with van der Waals surface area (Å²) >= 11 is 10.5. The van der Waals surface area contributed by atoms with E-state index in [9.17, 15) is 19.8 Å². The van der Waals surface area contributed by atoms with E-state index >= 15 is 0 Å². The largest absolute Gasteiger partial charge is 0.494 e. The van der Waals surface area contributed by atoms with Crippen LogP contribution in [0.25, 0.3) is 22.5 Å². The van der Waals surface area contributed by atoms with Crippen molar-refractivity contribution in [2.24, 2.45) is 9.98 Å². The van der Waals surface area contributed by atoms with E-state index in [-0.39, 0.29) is 23.6 Å². The van der Waals surface area contributed by atoms with Crippen LogP contribution in [0.1, 0.15) is 273 Å². The normalized spacial score (nSPS) is 11.7. The lowest BCUT2D eigenvalue weighted by atomic mass is 10.0. The Kier molecular flexibility index (Phi) is 42.7. The number of nitrogens with zero attached hydrogens (tertiary/aromatic N) is 4. The summed E-state index contributed by atoms with van der Waals surface area (Å²) in [6, 6.07) is 92.7. The van der Waals surface area contributed by atoms with Crippen molar-refractivity contribution in [1.82, 2.24) is 9.97 Å². The first-order valence-electron chi connectivity index (χ1n) is 45.8. The van der Waals surface area contributed by atoms with Crippen LogP contribution >= 0.6 is 70.6 Å². The number of rotatable bonds is 48. The molecule has 2 aromatic heterocycles. The molecule has 0 aliphatic carbocycles. The Morgan fingerprint density at radius 3 is 0.730 bits per heavy atom. The molecule has 652 valence electrons. The van der Waals surface area contributed by atoms with Gasteiger partial charge >= 0.3 is 0 Å². The summed E-state index contributed by atoms with van der Waals surface area (Å²) in [5.74, 6) is 1.58. The molecular weight excluding hydrogens is 1660 g/mol. The molecule has 12 aromatic rings. The summed E-state index contributed by atoms with van der Waals surface area (Å²) in [6.45, 7) is 4.58. The number of nitriles is 2. The molecule has 0 spiro atoms. The minimum absolute atomic E-state index is 0.0192. The molecule has 0 fully saturated rings. The quantitative estimate of drug-likeness (QED) is 0.0210. The van der Waals surface area contributed by atoms with Crippen LogP contribution in [0, 0.1) is 22.7 Å². The van der Waals surface area contributed by atoms with Gasteiger partial charge in [-0.2, -0.15) is 10.5 Å². The van der Waals surface area contributed by atoms with Crippen molar-refractivity contribution in [1.29, 1.82) is 10.5 Å². The Morgan fingerprint density at radius 1 is 0.262 bits per heavy atom. The molecule has 0 saturated heterocycles. The molecule has 4 heterocycles. The molecule has 0 bridgehead atoms. The molecular formula is C110H122N6O4S6. The summed E-state index contributed by atoms with van der Waals surface area (Å²) in [5.41, 5.74) is 8.75. The number of nitrogens with one attached hydrogen (secondary N) is 2. The lowest BCUT2D eigenvalue weighted by Crippen LogP contribution is -1.99. The van der Waals surface area contributed by atoms with E-state index in [1.165, 1.54) is 231 Å². The second kappa shape index (κ2) is 55.7. The maximum Gasteiger partial charge on any atom is 0.280 e. The number of fused-ring (bicyclic) bond motifs is 2. The van der Waals surface area contributed by atoms with Gasteiger partial charge in [-0.05, 0) is 181 Å². The number of H-pyrrole nitrogens is 2. The van der Waals surface area contributed by atoms with E-state index < -0.39 is 0 Å². The van der Waals surface area contributed by atoms with Crippen LogP contribution in [0.4, 0.5) is 0 Å². The van der Waals surface area contributed by atoms with E-state index in [1.54, 1.807) is 47.0 Å². The fourth-order valence-electron chi connectivity index (χ4n) is 15.3. The van der Waals surface area contributed by atoms with Gasteiger partial charge in [-0.25, -0.2) is 9.98 Å². The molecule has 0 atom stereocenters. The monoisotopic (exact) mass is 1780 g/mol. The van der Waals surface area contributed by atoms with Gasteiger partial charge in [0.1, 0.15) is 0 Å². The van der Waals surface area contributed by atoms with Crippen molar-refractivity contribution in [2.75, 3.05) is 11.5 Å². The number of aromatic nitrogens is 2.